The monoisotopic (exact) mass is 292 g/mol. The number of anilines is 1. The number of imidazole rings is 1. The van der Waals surface area contributed by atoms with Crippen LogP contribution in [0.2, 0.25) is 0 Å². The molecule has 108 valence electrons. The molecule has 0 saturated heterocycles. The van der Waals surface area contributed by atoms with Gasteiger partial charge in [-0.25, -0.2) is 9.36 Å². The lowest BCUT2D eigenvalue weighted by Gasteiger charge is -2.04. The molecule has 3 N–H and O–H groups in total. The van der Waals surface area contributed by atoms with Crippen LogP contribution in [0.4, 0.5) is 5.69 Å². The van der Waals surface area contributed by atoms with E-state index in [1.807, 2.05) is 13.0 Å². The highest BCUT2D eigenvalue weighted by Crippen LogP contribution is 2.20. The van der Waals surface area contributed by atoms with Crippen LogP contribution in [0.25, 0.3) is 11.0 Å². The van der Waals surface area contributed by atoms with E-state index in [4.69, 9.17) is 11.0 Å². The smallest absolute Gasteiger partial charge is 0.333 e. The minimum absolute atomic E-state index is 0.265. The molecule has 0 bridgehead atoms. The normalized spacial score (nSPS) is 10.5. The summed E-state index contributed by atoms with van der Waals surface area (Å²) in [4.78, 5) is 27.4. The summed E-state index contributed by atoms with van der Waals surface area (Å²) in [6.45, 7) is 1.82. The maximum absolute atomic E-state index is 12.6. The molecule has 6 nitrogen and oxygen atoms in total. The van der Waals surface area contributed by atoms with Crippen LogP contribution in [0.5, 0.6) is 0 Å². The van der Waals surface area contributed by atoms with Gasteiger partial charge in [-0.1, -0.05) is 6.07 Å². The summed E-state index contributed by atoms with van der Waals surface area (Å²) in [5, 5.41) is 8.92. The number of carbonyl (C=O) groups is 1. The Morgan fingerprint density at radius 2 is 2.09 bits per heavy atom. The first kappa shape index (κ1) is 13.6. The summed E-state index contributed by atoms with van der Waals surface area (Å²) < 4.78 is 1.03. The number of nitrogen functional groups attached to an aromatic ring is 1. The molecule has 6 heteroatoms. The number of hydrogen-bond acceptors (Lipinski definition) is 4. The second kappa shape index (κ2) is 4.90. The third-order valence-corrected chi connectivity index (χ3v) is 3.51. The van der Waals surface area contributed by atoms with Crippen LogP contribution in [0.3, 0.4) is 0 Å². The van der Waals surface area contributed by atoms with E-state index in [-0.39, 0.29) is 5.56 Å². The molecular weight excluding hydrogens is 280 g/mol. The Bertz CT molecular complexity index is 1010. The number of nitrogens with two attached hydrogens (primary N) is 1. The molecule has 0 aliphatic carbocycles. The molecule has 0 saturated carbocycles. The first-order valence-electron chi connectivity index (χ1n) is 6.57. The van der Waals surface area contributed by atoms with Gasteiger partial charge in [0.15, 0.2) is 0 Å². The van der Waals surface area contributed by atoms with Crippen molar-refractivity contribution in [2.45, 2.75) is 6.92 Å². The van der Waals surface area contributed by atoms with Crippen LogP contribution in [0.15, 0.2) is 41.2 Å². The van der Waals surface area contributed by atoms with Crippen molar-refractivity contribution in [3.8, 4) is 6.07 Å². The van der Waals surface area contributed by atoms with Crippen molar-refractivity contribution in [3.05, 3.63) is 63.6 Å². The first-order chi connectivity index (χ1) is 10.5. The van der Waals surface area contributed by atoms with Crippen LogP contribution in [0, 0.1) is 18.3 Å². The molecule has 3 aromatic rings. The Morgan fingerprint density at radius 3 is 2.82 bits per heavy atom. The van der Waals surface area contributed by atoms with Gasteiger partial charge in [0.2, 0.25) is 0 Å². The molecule has 0 unspecified atom stereocenters. The van der Waals surface area contributed by atoms with Crippen molar-refractivity contribution in [1.82, 2.24) is 9.55 Å². The van der Waals surface area contributed by atoms with Crippen LogP contribution >= 0.6 is 0 Å². The Morgan fingerprint density at radius 1 is 1.32 bits per heavy atom. The van der Waals surface area contributed by atoms with Gasteiger partial charge in [-0.05, 0) is 42.8 Å². The molecule has 1 aromatic heterocycles. The minimum atomic E-state index is -0.535. The second-order valence-electron chi connectivity index (χ2n) is 4.99. The average Bonchev–Trinajstić information content (AvgIpc) is 2.82. The SMILES string of the molecule is Cc1cc2[nH]c(=O)n(C(=O)c3cccc(C#N)c3)c2cc1N. The van der Waals surface area contributed by atoms with E-state index in [2.05, 4.69) is 4.98 Å². The van der Waals surface area contributed by atoms with Crippen LogP contribution < -0.4 is 11.4 Å². The Hall–Kier alpha value is -3.33. The summed E-state index contributed by atoms with van der Waals surface area (Å²) in [6.07, 6.45) is 0. The van der Waals surface area contributed by atoms with E-state index in [9.17, 15) is 9.59 Å². The number of fused-ring (bicyclic) bond motifs is 1. The van der Waals surface area contributed by atoms with Gasteiger partial charge < -0.3 is 10.7 Å². The number of benzene rings is 2. The number of H-pyrrole nitrogens is 1. The zero-order chi connectivity index (χ0) is 15.9. The van der Waals surface area contributed by atoms with Gasteiger partial charge in [-0.2, -0.15) is 5.26 Å². The largest absolute Gasteiger partial charge is 0.398 e. The number of nitrogens with zero attached hydrogens (tertiary/aromatic N) is 2. The van der Waals surface area contributed by atoms with Crippen molar-refractivity contribution in [2.75, 3.05) is 5.73 Å². The van der Waals surface area contributed by atoms with Crippen molar-refractivity contribution in [3.63, 3.8) is 0 Å². The topological polar surface area (TPSA) is 105 Å². The van der Waals surface area contributed by atoms with Crippen molar-refractivity contribution >= 4 is 22.6 Å². The van der Waals surface area contributed by atoms with Crippen LogP contribution in [-0.4, -0.2) is 15.5 Å². The first-order valence-corrected chi connectivity index (χ1v) is 6.57. The number of aromatic amines is 1. The van der Waals surface area contributed by atoms with Crippen molar-refractivity contribution in [1.29, 1.82) is 5.26 Å². The van der Waals surface area contributed by atoms with Gasteiger partial charge in [-0.3, -0.25) is 4.79 Å². The van der Waals surface area contributed by atoms with Gasteiger partial charge in [0, 0.05) is 11.3 Å². The molecular formula is C16H12N4O2. The predicted octanol–water partition coefficient (Wildman–Crippen LogP) is 1.78. The third-order valence-electron chi connectivity index (χ3n) is 3.51. The lowest BCUT2D eigenvalue weighted by molar-refractivity contribution is 0.0961. The van der Waals surface area contributed by atoms with Crippen LogP contribution in [-0.2, 0) is 0 Å². The average molecular weight is 292 g/mol. The Balaban J connectivity index is 2.23. The molecule has 0 atom stereocenters. The van der Waals surface area contributed by atoms with E-state index in [0.717, 1.165) is 10.1 Å². The Kier molecular flexibility index (Phi) is 3.04. The number of rotatable bonds is 1. The summed E-state index contributed by atoms with van der Waals surface area (Å²) in [5.74, 6) is -0.503. The quantitative estimate of drug-likeness (QED) is 0.667. The van der Waals surface area contributed by atoms with Gasteiger partial charge in [0.05, 0.1) is 22.7 Å². The highest BCUT2D eigenvalue weighted by Gasteiger charge is 2.17. The number of nitrogens with one attached hydrogen (secondary N) is 1. The van der Waals surface area contributed by atoms with Crippen LogP contribution in [0.1, 0.15) is 21.5 Å². The molecule has 2 aromatic carbocycles. The highest BCUT2D eigenvalue weighted by molar-refractivity contribution is 6.01. The lowest BCUT2D eigenvalue weighted by atomic mass is 10.1. The summed E-state index contributed by atoms with van der Waals surface area (Å²) >= 11 is 0. The van der Waals surface area contributed by atoms with Gasteiger partial charge >= 0.3 is 5.69 Å². The predicted molar refractivity (Wildman–Crippen MR) is 82.6 cm³/mol. The van der Waals surface area contributed by atoms with E-state index < -0.39 is 11.6 Å². The fourth-order valence-corrected chi connectivity index (χ4v) is 2.33. The highest BCUT2D eigenvalue weighted by atomic mass is 16.2. The van der Waals surface area contributed by atoms with Gasteiger partial charge in [-0.15, -0.1) is 0 Å². The number of carbonyl (C=O) groups excluding carboxylic acids is 1. The third kappa shape index (κ3) is 2.05. The number of hydrogen-bond donors (Lipinski definition) is 2. The number of aryl methyl sites for hydroxylation is 1. The molecule has 0 aliphatic heterocycles. The molecule has 0 spiro atoms. The maximum Gasteiger partial charge on any atom is 0.333 e. The van der Waals surface area contributed by atoms with E-state index in [1.54, 1.807) is 30.3 Å². The second-order valence-corrected chi connectivity index (χ2v) is 4.99. The van der Waals surface area contributed by atoms with Crippen molar-refractivity contribution < 1.29 is 4.79 Å². The Labute approximate surface area is 125 Å². The zero-order valence-corrected chi connectivity index (χ0v) is 11.8. The van der Waals surface area contributed by atoms with E-state index in [1.165, 1.54) is 6.07 Å². The van der Waals surface area contributed by atoms with E-state index in [0.29, 0.717) is 22.3 Å². The minimum Gasteiger partial charge on any atom is -0.398 e. The lowest BCUT2D eigenvalue weighted by Crippen LogP contribution is -2.24. The molecule has 0 radical (unpaired) electrons. The zero-order valence-electron chi connectivity index (χ0n) is 11.8. The molecule has 3 rings (SSSR count). The van der Waals surface area contributed by atoms with Crippen molar-refractivity contribution in [2.24, 2.45) is 0 Å². The summed E-state index contributed by atoms with van der Waals surface area (Å²) in [5.41, 5.74) is 8.23. The number of nitriles is 1. The summed E-state index contributed by atoms with van der Waals surface area (Å²) in [6, 6.07) is 11.5. The maximum atomic E-state index is 12.6. The fourth-order valence-electron chi connectivity index (χ4n) is 2.33. The van der Waals surface area contributed by atoms with E-state index >= 15 is 0 Å². The standard InChI is InChI=1S/C16H12N4O2/c1-9-5-13-14(7-12(9)18)20(16(22)19-13)15(21)11-4-2-3-10(6-11)8-17/h2-7H,18H2,1H3,(H,19,22). The van der Waals surface area contributed by atoms with Gasteiger partial charge in [0.25, 0.3) is 5.91 Å². The number of aromatic nitrogens is 2. The fraction of sp³-hybridized carbons (Fsp3) is 0.0625. The molecule has 1 heterocycles. The molecule has 22 heavy (non-hydrogen) atoms. The summed E-state index contributed by atoms with van der Waals surface area (Å²) in [7, 11) is 0. The molecule has 0 fully saturated rings. The molecule has 0 aliphatic rings. The molecule has 0 amide bonds. The van der Waals surface area contributed by atoms with Gasteiger partial charge in [0.1, 0.15) is 0 Å².